The van der Waals surface area contributed by atoms with Crippen LogP contribution in [0.3, 0.4) is 0 Å². The zero-order valence-electron chi connectivity index (χ0n) is 13.8. The average Bonchev–Trinajstić information content (AvgIpc) is 2.57. The van der Waals surface area contributed by atoms with Crippen molar-refractivity contribution in [2.45, 2.75) is 64.2 Å². The molecule has 5 heteroatoms. The van der Waals surface area contributed by atoms with E-state index >= 15 is 0 Å². The fourth-order valence-electron chi connectivity index (χ4n) is 4.03. The molecule has 0 amide bonds. The minimum atomic E-state index is -0.783. The Kier molecular flexibility index (Phi) is 4.96. The summed E-state index contributed by atoms with van der Waals surface area (Å²) in [6.07, 6.45) is 3.43. The third kappa shape index (κ3) is 4.41. The summed E-state index contributed by atoms with van der Waals surface area (Å²) in [4.78, 5) is 13.1. The Morgan fingerprint density at radius 3 is 2.67 bits per heavy atom. The lowest BCUT2D eigenvalue weighted by molar-refractivity contribution is -0.136. The molecule has 0 bridgehead atoms. The van der Waals surface area contributed by atoms with Gasteiger partial charge in [-0.1, -0.05) is 0 Å². The van der Waals surface area contributed by atoms with Crippen LogP contribution >= 0.6 is 0 Å². The Morgan fingerprint density at radius 1 is 1.38 bits per heavy atom. The molecule has 0 aromatic carbocycles. The average molecular weight is 298 g/mol. The molecule has 2 fully saturated rings. The summed E-state index contributed by atoms with van der Waals surface area (Å²) in [5.41, 5.74) is -0.164. The van der Waals surface area contributed by atoms with Crippen LogP contribution < -0.4 is 5.32 Å². The molecule has 0 aliphatic carbocycles. The van der Waals surface area contributed by atoms with Gasteiger partial charge in [0, 0.05) is 12.6 Å². The molecule has 0 saturated carbocycles. The predicted octanol–water partition coefficient (Wildman–Crippen LogP) is 1.72. The molecule has 122 valence electrons. The van der Waals surface area contributed by atoms with Crippen molar-refractivity contribution in [1.29, 1.82) is 0 Å². The van der Waals surface area contributed by atoms with E-state index < -0.39 is 5.97 Å². The maximum Gasteiger partial charge on any atom is 0.317 e. The number of aliphatic carboxylic acids is 1. The summed E-state index contributed by atoms with van der Waals surface area (Å²) in [5, 5.41) is 11.7. The van der Waals surface area contributed by atoms with E-state index in [0.717, 1.165) is 26.1 Å². The second-order valence-electron chi connectivity index (χ2n) is 7.71. The van der Waals surface area contributed by atoms with E-state index in [-0.39, 0.29) is 17.7 Å². The van der Waals surface area contributed by atoms with Crippen molar-refractivity contribution in [2.24, 2.45) is 5.92 Å². The van der Waals surface area contributed by atoms with E-state index in [1.165, 1.54) is 12.8 Å². The second-order valence-corrected chi connectivity index (χ2v) is 7.71. The molecule has 0 spiro atoms. The molecule has 2 atom stereocenters. The molecule has 2 aliphatic heterocycles. The summed E-state index contributed by atoms with van der Waals surface area (Å²) in [6.45, 7) is 11.7. The highest BCUT2D eigenvalue weighted by molar-refractivity contribution is 5.68. The van der Waals surface area contributed by atoms with E-state index in [0.29, 0.717) is 12.0 Å². The maximum absolute atomic E-state index is 10.6. The van der Waals surface area contributed by atoms with Gasteiger partial charge in [-0.05, 0) is 66.0 Å². The molecule has 2 aliphatic rings. The highest BCUT2D eigenvalue weighted by Crippen LogP contribution is 2.41. The second kappa shape index (κ2) is 6.23. The van der Waals surface area contributed by atoms with Gasteiger partial charge in [-0.2, -0.15) is 0 Å². The van der Waals surface area contributed by atoms with Crippen LogP contribution in [-0.2, 0) is 9.53 Å². The van der Waals surface area contributed by atoms with Gasteiger partial charge in [0.25, 0.3) is 0 Å². The Balaban J connectivity index is 1.90. The topological polar surface area (TPSA) is 61.8 Å². The lowest BCUT2D eigenvalue weighted by atomic mass is 9.89. The minimum Gasteiger partial charge on any atom is -0.480 e. The monoisotopic (exact) mass is 298 g/mol. The number of nitrogens with one attached hydrogen (secondary N) is 1. The number of hydrogen-bond donors (Lipinski definition) is 2. The number of ether oxygens (including phenoxy) is 1. The van der Waals surface area contributed by atoms with Crippen LogP contribution in [0.15, 0.2) is 0 Å². The van der Waals surface area contributed by atoms with Gasteiger partial charge < -0.3 is 15.2 Å². The van der Waals surface area contributed by atoms with Crippen LogP contribution in [-0.4, -0.2) is 59.4 Å². The smallest absolute Gasteiger partial charge is 0.317 e. The largest absolute Gasteiger partial charge is 0.480 e. The molecular formula is C16H30N2O3. The van der Waals surface area contributed by atoms with Crippen LogP contribution in [0.2, 0.25) is 0 Å². The maximum atomic E-state index is 10.6. The van der Waals surface area contributed by atoms with Crippen molar-refractivity contribution < 1.29 is 14.6 Å². The van der Waals surface area contributed by atoms with Crippen molar-refractivity contribution in [3.8, 4) is 0 Å². The van der Waals surface area contributed by atoms with Gasteiger partial charge in [-0.15, -0.1) is 0 Å². The summed E-state index contributed by atoms with van der Waals surface area (Å²) in [6, 6.07) is 0.453. The van der Waals surface area contributed by atoms with Gasteiger partial charge in [0.2, 0.25) is 0 Å². The summed E-state index contributed by atoms with van der Waals surface area (Å²) in [7, 11) is 0. The van der Waals surface area contributed by atoms with E-state index in [1.807, 2.05) is 0 Å². The minimum absolute atomic E-state index is 0.0529. The number of piperidine rings is 1. The predicted molar refractivity (Wildman–Crippen MR) is 82.5 cm³/mol. The summed E-state index contributed by atoms with van der Waals surface area (Å²) >= 11 is 0. The van der Waals surface area contributed by atoms with Crippen LogP contribution in [0.25, 0.3) is 0 Å². The zero-order valence-corrected chi connectivity index (χ0v) is 13.8. The molecule has 0 aromatic rings. The first-order valence-electron chi connectivity index (χ1n) is 8.06. The molecular weight excluding hydrogens is 268 g/mol. The van der Waals surface area contributed by atoms with Gasteiger partial charge in [0.05, 0.1) is 17.7 Å². The molecule has 2 heterocycles. The number of carboxylic acid groups (broad SMARTS) is 1. The van der Waals surface area contributed by atoms with Crippen LogP contribution in [0.5, 0.6) is 0 Å². The van der Waals surface area contributed by atoms with Crippen molar-refractivity contribution in [2.75, 3.05) is 26.2 Å². The van der Waals surface area contributed by atoms with Gasteiger partial charge >= 0.3 is 5.97 Å². The van der Waals surface area contributed by atoms with Crippen LogP contribution in [0, 0.1) is 5.92 Å². The SMILES string of the molecule is CC1(C)CC(N2CCCC(CNCC(=O)O)C2)C(C)(C)O1. The first-order valence-corrected chi connectivity index (χ1v) is 8.06. The van der Waals surface area contributed by atoms with Crippen molar-refractivity contribution in [1.82, 2.24) is 10.2 Å². The molecule has 2 rings (SSSR count). The van der Waals surface area contributed by atoms with E-state index in [9.17, 15) is 4.79 Å². The molecule has 0 aromatic heterocycles. The quantitative estimate of drug-likeness (QED) is 0.809. The Morgan fingerprint density at radius 2 is 2.10 bits per heavy atom. The Hall–Kier alpha value is -0.650. The molecule has 2 N–H and O–H groups in total. The van der Waals surface area contributed by atoms with Gasteiger partial charge in [0.15, 0.2) is 0 Å². The number of carbonyl (C=O) groups is 1. The highest BCUT2D eigenvalue weighted by atomic mass is 16.5. The van der Waals surface area contributed by atoms with Gasteiger partial charge in [-0.25, -0.2) is 0 Å². The highest BCUT2D eigenvalue weighted by Gasteiger charge is 2.48. The van der Waals surface area contributed by atoms with Gasteiger partial charge in [-0.3, -0.25) is 9.69 Å². The first-order chi connectivity index (χ1) is 9.70. The number of carboxylic acids is 1. The lowest BCUT2D eigenvalue weighted by Gasteiger charge is -2.41. The number of likely N-dealkylation sites (tertiary alicyclic amines) is 1. The number of hydrogen-bond acceptors (Lipinski definition) is 4. The third-order valence-corrected chi connectivity index (χ3v) is 4.73. The van der Waals surface area contributed by atoms with Crippen molar-refractivity contribution in [3.05, 3.63) is 0 Å². The van der Waals surface area contributed by atoms with E-state index in [4.69, 9.17) is 9.84 Å². The Labute approximate surface area is 128 Å². The standard InChI is InChI=1S/C16H30N2O3/c1-15(2)8-13(16(3,4)21-15)18-7-5-6-12(11-18)9-17-10-14(19)20/h12-13,17H,5-11H2,1-4H3,(H,19,20). The fraction of sp³-hybridized carbons (Fsp3) is 0.938. The molecule has 0 radical (unpaired) electrons. The molecule has 5 nitrogen and oxygen atoms in total. The van der Waals surface area contributed by atoms with Crippen molar-refractivity contribution in [3.63, 3.8) is 0 Å². The van der Waals surface area contributed by atoms with Gasteiger partial charge in [0.1, 0.15) is 0 Å². The Bertz CT molecular complexity index is 382. The lowest BCUT2D eigenvalue weighted by Crippen LogP contribution is -2.51. The first kappa shape index (κ1) is 16.7. The van der Waals surface area contributed by atoms with E-state index in [2.05, 4.69) is 37.9 Å². The van der Waals surface area contributed by atoms with Crippen LogP contribution in [0.1, 0.15) is 47.0 Å². The molecule has 2 saturated heterocycles. The van der Waals surface area contributed by atoms with Crippen molar-refractivity contribution >= 4 is 5.97 Å². The third-order valence-electron chi connectivity index (χ3n) is 4.73. The number of rotatable bonds is 5. The number of nitrogens with zero attached hydrogens (tertiary/aromatic N) is 1. The zero-order chi connectivity index (χ0) is 15.7. The normalized spacial score (nSPS) is 32.2. The summed E-state index contributed by atoms with van der Waals surface area (Å²) < 4.78 is 6.21. The molecule has 2 unspecified atom stereocenters. The van der Waals surface area contributed by atoms with Crippen LogP contribution in [0.4, 0.5) is 0 Å². The summed E-state index contributed by atoms with van der Waals surface area (Å²) in [5.74, 6) is -0.243. The van der Waals surface area contributed by atoms with E-state index in [1.54, 1.807) is 0 Å². The molecule has 21 heavy (non-hydrogen) atoms. The fourth-order valence-corrected chi connectivity index (χ4v) is 4.03.